The molecule has 1 aromatic carbocycles. The predicted molar refractivity (Wildman–Crippen MR) is 58.9 cm³/mol. The Hall–Kier alpha value is -2.44. The molecule has 0 spiro atoms. The van der Waals surface area contributed by atoms with Crippen LogP contribution in [0.1, 0.15) is 23.2 Å². The number of aromatic carboxylic acids is 1. The summed E-state index contributed by atoms with van der Waals surface area (Å²) in [5.41, 5.74) is -0.463. The minimum atomic E-state index is -1.45. The number of rotatable bonds is 5. The Morgan fingerprint density at radius 3 is 2.39 bits per heavy atom. The Bertz CT molecular complexity index is 500. The van der Waals surface area contributed by atoms with Gasteiger partial charge in [0.15, 0.2) is 0 Å². The van der Waals surface area contributed by atoms with Crippen LogP contribution < -0.4 is 5.32 Å². The first-order chi connectivity index (χ1) is 8.40. The summed E-state index contributed by atoms with van der Waals surface area (Å²) in [6.45, 7) is 0. The van der Waals surface area contributed by atoms with Crippen LogP contribution in [0.2, 0.25) is 0 Å². The first-order valence-corrected chi connectivity index (χ1v) is 4.94. The number of carboxylic acids is 2. The van der Waals surface area contributed by atoms with Gasteiger partial charge in [0.25, 0.3) is 0 Å². The van der Waals surface area contributed by atoms with E-state index >= 15 is 0 Å². The summed E-state index contributed by atoms with van der Waals surface area (Å²) in [6, 6.07) is 3.08. The lowest BCUT2D eigenvalue weighted by Crippen LogP contribution is -2.14. The quantitative estimate of drug-likeness (QED) is 0.736. The second-order valence-corrected chi connectivity index (χ2v) is 3.44. The summed E-state index contributed by atoms with van der Waals surface area (Å²) in [7, 11) is 0. The lowest BCUT2D eigenvalue weighted by molar-refractivity contribution is -0.138. The van der Waals surface area contributed by atoms with Crippen molar-refractivity contribution in [2.75, 3.05) is 5.32 Å². The molecule has 0 atom stereocenters. The average molecular weight is 255 g/mol. The van der Waals surface area contributed by atoms with Crippen LogP contribution in [0.15, 0.2) is 18.2 Å². The monoisotopic (exact) mass is 255 g/mol. The maximum absolute atomic E-state index is 13.0. The van der Waals surface area contributed by atoms with Gasteiger partial charge in [0.2, 0.25) is 5.91 Å². The number of halogens is 1. The predicted octanol–water partition coefficient (Wildman–Crippen LogP) is 1.33. The number of amides is 1. The first-order valence-electron chi connectivity index (χ1n) is 4.94. The van der Waals surface area contributed by atoms with E-state index in [0.717, 1.165) is 12.1 Å². The van der Waals surface area contributed by atoms with Gasteiger partial charge in [-0.2, -0.15) is 0 Å². The van der Waals surface area contributed by atoms with Crippen molar-refractivity contribution in [3.8, 4) is 0 Å². The second-order valence-electron chi connectivity index (χ2n) is 3.44. The van der Waals surface area contributed by atoms with E-state index in [1.165, 1.54) is 6.07 Å². The van der Waals surface area contributed by atoms with Gasteiger partial charge in [-0.05, 0) is 18.2 Å². The number of carbonyl (C=O) groups excluding carboxylic acids is 1. The Kier molecular flexibility index (Phi) is 4.36. The van der Waals surface area contributed by atoms with Crippen molar-refractivity contribution < 1.29 is 29.0 Å². The number of hydrogen-bond acceptors (Lipinski definition) is 3. The molecular weight excluding hydrogens is 245 g/mol. The number of anilines is 1. The Morgan fingerprint density at radius 1 is 1.17 bits per heavy atom. The molecule has 7 heteroatoms. The van der Waals surface area contributed by atoms with Crippen LogP contribution in [0.3, 0.4) is 0 Å². The number of hydrogen-bond donors (Lipinski definition) is 3. The lowest BCUT2D eigenvalue weighted by atomic mass is 10.2. The van der Waals surface area contributed by atoms with Gasteiger partial charge in [-0.3, -0.25) is 9.59 Å². The van der Waals surface area contributed by atoms with Crippen LogP contribution in [0.25, 0.3) is 0 Å². The van der Waals surface area contributed by atoms with Gasteiger partial charge in [-0.15, -0.1) is 0 Å². The Morgan fingerprint density at radius 2 is 1.83 bits per heavy atom. The molecule has 0 aliphatic rings. The molecule has 1 aromatic rings. The van der Waals surface area contributed by atoms with Gasteiger partial charge in [0.05, 0.1) is 12.0 Å². The highest BCUT2D eigenvalue weighted by Gasteiger charge is 2.12. The zero-order valence-corrected chi connectivity index (χ0v) is 9.14. The van der Waals surface area contributed by atoms with Gasteiger partial charge in [0.1, 0.15) is 5.82 Å². The molecule has 0 aromatic heterocycles. The molecule has 0 aliphatic heterocycles. The number of carbonyl (C=O) groups is 3. The molecule has 0 radical (unpaired) electrons. The first kappa shape index (κ1) is 13.6. The zero-order valence-electron chi connectivity index (χ0n) is 9.14. The fraction of sp³-hybridized carbons (Fsp3) is 0.182. The molecule has 1 amide bonds. The second kappa shape index (κ2) is 5.76. The highest BCUT2D eigenvalue weighted by atomic mass is 19.1. The summed E-state index contributed by atoms with van der Waals surface area (Å²) < 4.78 is 13.0. The molecule has 0 saturated heterocycles. The van der Waals surface area contributed by atoms with Crippen LogP contribution in [0.5, 0.6) is 0 Å². The van der Waals surface area contributed by atoms with E-state index in [4.69, 9.17) is 10.2 Å². The fourth-order valence-corrected chi connectivity index (χ4v) is 1.21. The number of carboxylic acid groups (broad SMARTS) is 2. The van der Waals surface area contributed by atoms with Crippen molar-refractivity contribution in [1.29, 1.82) is 0 Å². The molecule has 6 nitrogen and oxygen atoms in total. The molecule has 0 unspecified atom stereocenters. The zero-order chi connectivity index (χ0) is 13.7. The smallest absolute Gasteiger partial charge is 0.338 e. The Labute approximate surface area is 101 Å². The van der Waals surface area contributed by atoms with Crippen LogP contribution in [-0.2, 0) is 9.59 Å². The van der Waals surface area contributed by atoms with Gasteiger partial charge in [-0.1, -0.05) is 0 Å². The van der Waals surface area contributed by atoms with Crippen LogP contribution in [0.4, 0.5) is 10.1 Å². The van der Waals surface area contributed by atoms with Crippen molar-refractivity contribution >= 4 is 23.5 Å². The molecule has 0 saturated carbocycles. The minimum absolute atomic E-state index is 0.101. The van der Waals surface area contributed by atoms with Gasteiger partial charge >= 0.3 is 11.9 Å². The van der Waals surface area contributed by atoms with E-state index in [1.807, 2.05) is 0 Å². The third-order valence-electron chi connectivity index (χ3n) is 2.05. The van der Waals surface area contributed by atoms with Gasteiger partial charge in [-0.25, -0.2) is 9.18 Å². The molecule has 0 heterocycles. The van der Waals surface area contributed by atoms with E-state index in [2.05, 4.69) is 5.32 Å². The Balaban J connectivity index is 2.73. The summed E-state index contributed by atoms with van der Waals surface area (Å²) in [4.78, 5) is 32.1. The minimum Gasteiger partial charge on any atom is -0.481 e. The van der Waals surface area contributed by atoms with E-state index < -0.39 is 29.2 Å². The van der Waals surface area contributed by atoms with Gasteiger partial charge in [0, 0.05) is 12.1 Å². The standard InChI is InChI=1S/C11H10FNO5/c12-8-2-1-6(5-7(8)11(17)18)13-9(14)3-4-10(15)16/h1-2,5H,3-4H2,(H,13,14)(H,15,16)(H,17,18). The number of nitrogens with one attached hydrogen (secondary N) is 1. The van der Waals surface area contributed by atoms with Gasteiger partial charge < -0.3 is 15.5 Å². The topological polar surface area (TPSA) is 104 Å². The molecule has 1 rings (SSSR count). The molecular formula is C11H10FNO5. The number of aliphatic carboxylic acids is 1. The van der Waals surface area contributed by atoms with Crippen molar-refractivity contribution in [3.05, 3.63) is 29.6 Å². The summed E-state index contributed by atoms with van der Waals surface area (Å²) in [5.74, 6) is -4.06. The molecule has 0 fully saturated rings. The average Bonchev–Trinajstić information content (AvgIpc) is 2.28. The van der Waals surface area contributed by atoms with Crippen molar-refractivity contribution in [3.63, 3.8) is 0 Å². The number of benzene rings is 1. The fourth-order valence-electron chi connectivity index (χ4n) is 1.21. The molecule has 0 bridgehead atoms. The molecule has 3 N–H and O–H groups in total. The third-order valence-corrected chi connectivity index (χ3v) is 2.05. The molecule has 0 aliphatic carbocycles. The van der Waals surface area contributed by atoms with Crippen molar-refractivity contribution in [2.24, 2.45) is 0 Å². The van der Waals surface area contributed by atoms with E-state index in [0.29, 0.717) is 0 Å². The van der Waals surface area contributed by atoms with Crippen molar-refractivity contribution in [2.45, 2.75) is 12.8 Å². The lowest BCUT2D eigenvalue weighted by Gasteiger charge is -2.05. The third kappa shape index (κ3) is 3.85. The normalized spacial score (nSPS) is 9.83. The highest BCUT2D eigenvalue weighted by molar-refractivity contribution is 5.94. The van der Waals surface area contributed by atoms with Crippen LogP contribution in [-0.4, -0.2) is 28.1 Å². The summed E-state index contributed by atoms with van der Waals surface area (Å²) >= 11 is 0. The maximum atomic E-state index is 13.0. The molecule has 96 valence electrons. The SMILES string of the molecule is O=C(O)CCC(=O)Nc1ccc(F)c(C(=O)O)c1. The highest BCUT2D eigenvalue weighted by Crippen LogP contribution is 2.15. The van der Waals surface area contributed by atoms with E-state index in [-0.39, 0.29) is 18.5 Å². The van der Waals surface area contributed by atoms with Crippen LogP contribution >= 0.6 is 0 Å². The molecule has 18 heavy (non-hydrogen) atoms. The largest absolute Gasteiger partial charge is 0.481 e. The maximum Gasteiger partial charge on any atom is 0.338 e. The van der Waals surface area contributed by atoms with E-state index in [1.54, 1.807) is 0 Å². The van der Waals surface area contributed by atoms with E-state index in [9.17, 15) is 18.8 Å². The van der Waals surface area contributed by atoms with Crippen molar-refractivity contribution in [1.82, 2.24) is 0 Å². The summed E-state index contributed by atoms with van der Waals surface area (Å²) in [5, 5.41) is 19.3. The summed E-state index contributed by atoms with van der Waals surface area (Å²) in [6.07, 6.45) is -0.575. The van der Waals surface area contributed by atoms with Crippen LogP contribution in [0, 0.1) is 5.82 Å².